The maximum atomic E-state index is 12.5. The number of carbonyl (C=O) groups is 2. The van der Waals surface area contributed by atoms with Crippen LogP contribution in [0.25, 0.3) is 0 Å². The van der Waals surface area contributed by atoms with Gasteiger partial charge in [0.1, 0.15) is 0 Å². The van der Waals surface area contributed by atoms with E-state index in [1.165, 1.54) is 31.4 Å². The Morgan fingerprint density at radius 1 is 1.16 bits per heavy atom. The first-order valence-electron chi connectivity index (χ1n) is 7.73. The highest BCUT2D eigenvalue weighted by Gasteiger charge is 2.18. The molecule has 6 nitrogen and oxygen atoms in total. The van der Waals surface area contributed by atoms with Crippen molar-refractivity contribution < 1.29 is 19.4 Å². The lowest BCUT2D eigenvalue weighted by atomic mass is 10.1. The van der Waals surface area contributed by atoms with Crippen LogP contribution in [0.15, 0.2) is 36.4 Å². The summed E-state index contributed by atoms with van der Waals surface area (Å²) in [6.45, 7) is 2.46. The van der Waals surface area contributed by atoms with Crippen molar-refractivity contribution in [2.75, 3.05) is 19.0 Å². The van der Waals surface area contributed by atoms with Gasteiger partial charge in [-0.2, -0.15) is 0 Å². The van der Waals surface area contributed by atoms with E-state index in [0.717, 1.165) is 6.42 Å². The maximum Gasteiger partial charge on any atom is 0.259 e. The molecule has 0 fully saturated rings. The van der Waals surface area contributed by atoms with Crippen molar-refractivity contribution in [3.05, 3.63) is 52.5 Å². The van der Waals surface area contributed by atoms with Crippen molar-refractivity contribution in [3.8, 4) is 11.5 Å². The molecule has 0 bridgehead atoms. The lowest BCUT2D eigenvalue weighted by Crippen LogP contribution is -2.25. The van der Waals surface area contributed by atoms with Crippen molar-refractivity contribution >= 4 is 29.1 Å². The molecule has 2 aromatic rings. The zero-order valence-electron chi connectivity index (χ0n) is 13.9. The van der Waals surface area contributed by atoms with Crippen LogP contribution in [0.2, 0.25) is 5.02 Å². The van der Waals surface area contributed by atoms with E-state index in [1.807, 2.05) is 6.92 Å². The van der Waals surface area contributed by atoms with Gasteiger partial charge in [0, 0.05) is 11.6 Å². The molecular formula is C18H19ClN2O4. The van der Waals surface area contributed by atoms with Crippen LogP contribution < -0.4 is 15.4 Å². The summed E-state index contributed by atoms with van der Waals surface area (Å²) < 4.78 is 5.00. The number of amides is 2. The molecule has 0 aliphatic carbocycles. The van der Waals surface area contributed by atoms with Crippen molar-refractivity contribution in [2.45, 2.75) is 13.3 Å². The van der Waals surface area contributed by atoms with Crippen molar-refractivity contribution in [1.29, 1.82) is 0 Å². The summed E-state index contributed by atoms with van der Waals surface area (Å²) >= 11 is 5.98. The summed E-state index contributed by atoms with van der Waals surface area (Å²) in [5.74, 6) is -0.993. The van der Waals surface area contributed by atoms with Gasteiger partial charge < -0.3 is 20.5 Å². The molecule has 0 atom stereocenters. The molecule has 0 heterocycles. The fourth-order valence-corrected chi connectivity index (χ4v) is 2.38. The van der Waals surface area contributed by atoms with Crippen LogP contribution >= 0.6 is 11.6 Å². The Morgan fingerprint density at radius 2 is 1.92 bits per heavy atom. The number of benzene rings is 2. The second-order valence-electron chi connectivity index (χ2n) is 5.26. The van der Waals surface area contributed by atoms with Crippen molar-refractivity contribution in [1.82, 2.24) is 5.32 Å². The quantitative estimate of drug-likeness (QED) is 0.734. The number of hydrogen-bond acceptors (Lipinski definition) is 4. The highest BCUT2D eigenvalue weighted by Crippen LogP contribution is 2.30. The van der Waals surface area contributed by atoms with Gasteiger partial charge >= 0.3 is 0 Å². The fourth-order valence-electron chi connectivity index (χ4n) is 2.21. The standard InChI is InChI=1S/C18H19ClN2O4/c1-3-9-20-17(23)12-8-7-11(19)10-14(12)21-18(24)13-5-4-6-15(25-2)16(13)22/h4-8,10,22H,3,9H2,1-2H3,(H,20,23)(H,21,24). The van der Waals surface area contributed by atoms with Gasteiger partial charge in [-0.25, -0.2) is 0 Å². The molecule has 0 aromatic heterocycles. The van der Waals surface area contributed by atoms with Crippen LogP contribution in [-0.2, 0) is 0 Å². The zero-order chi connectivity index (χ0) is 18.4. The number of phenols is 1. The molecule has 2 rings (SSSR count). The van der Waals surface area contributed by atoms with Crippen molar-refractivity contribution in [2.24, 2.45) is 0 Å². The minimum Gasteiger partial charge on any atom is -0.504 e. The summed E-state index contributed by atoms with van der Waals surface area (Å²) in [7, 11) is 1.39. The smallest absolute Gasteiger partial charge is 0.259 e. The Labute approximate surface area is 150 Å². The van der Waals surface area contributed by atoms with E-state index in [4.69, 9.17) is 16.3 Å². The average molecular weight is 363 g/mol. The number of hydrogen-bond donors (Lipinski definition) is 3. The summed E-state index contributed by atoms with van der Waals surface area (Å²) in [6.07, 6.45) is 0.790. The van der Waals surface area contributed by atoms with Gasteiger partial charge in [-0.05, 0) is 36.8 Å². The Kier molecular flexibility index (Phi) is 6.25. The molecule has 2 aromatic carbocycles. The van der Waals surface area contributed by atoms with Gasteiger partial charge in [0.2, 0.25) is 0 Å². The molecule has 25 heavy (non-hydrogen) atoms. The molecule has 7 heteroatoms. The van der Waals surface area contributed by atoms with E-state index in [2.05, 4.69) is 10.6 Å². The third-order valence-corrected chi connectivity index (χ3v) is 3.71. The van der Waals surface area contributed by atoms with E-state index in [0.29, 0.717) is 11.6 Å². The van der Waals surface area contributed by atoms with Crippen LogP contribution in [-0.4, -0.2) is 30.6 Å². The fraction of sp³-hybridized carbons (Fsp3) is 0.222. The van der Waals surface area contributed by atoms with E-state index in [-0.39, 0.29) is 34.2 Å². The van der Waals surface area contributed by atoms with Gasteiger partial charge in [0.05, 0.1) is 23.9 Å². The third kappa shape index (κ3) is 4.42. The number of para-hydroxylation sites is 1. The lowest BCUT2D eigenvalue weighted by Gasteiger charge is -2.13. The van der Waals surface area contributed by atoms with Crippen LogP contribution in [0.3, 0.4) is 0 Å². The number of ether oxygens (including phenoxy) is 1. The molecule has 2 amide bonds. The number of anilines is 1. The number of halogens is 1. The second kappa shape index (κ2) is 8.39. The van der Waals surface area contributed by atoms with Crippen molar-refractivity contribution in [3.63, 3.8) is 0 Å². The predicted octanol–water partition coefficient (Wildman–Crippen LogP) is 3.45. The summed E-state index contributed by atoms with van der Waals surface area (Å²) in [5, 5.41) is 15.8. The predicted molar refractivity (Wildman–Crippen MR) is 96.7 cm³/mol. The first-order chi connectivity index (χ1) is 12.0. The summed E-state index contributed by atoms with van der Waals surface area (Å²) in [5.41, 5.74) is 0.571. The largest absolute Gasteiger partial charge is 0.504 e. The van der Waals surface area contributed by atoms with E-state index in [1.54, 1.807) is 12.1 Å². The number of methoxy groups -OCH3 is 1. The van der Waals surface area contributed by atoms with Crippen LogP contribution in [0.4, 0.5) is 5.69 Å². The summed E-state index contributed by atoms with van der Waals surface area (Å²) in [4.78, 5) is 24.7. The minimum absolute atomic E-state index is 0.0271. The molecule has 0 aliphatic rings. The molecule has 3 N–H and O–H groups in total. The van der Waals surface area contributed by atoms with Crippen LogP contribution in [0.5, 0.6) is 11.5 Å². The molecule has 0 aliphatic heterocycles. The lowest BCUT2D eigenvalue weighted by molar-refractivity contribution is 0.0954. The average Bonchev–Trinajstić information content (AvgIpc) is 2.59. The number of phenolic OH excluding ortho intramolecular Hbond substituents is 1. The Morgan fingerprint density at radius 3 is 2.60 bits per heavy atom. The molecule has 0 unspecified atom stereocenters. The molecule has 0 saturated heterocycles. The molecular weight excluding hydrogens is 344 g/mol. The zero-order valence-corrected chi connectivity index (χ0v) is 14.7. The highest BCUT2D eigenvalue weighted by atomic mass is 35.5. The molecule has 0 saturated carbocycles. The molecule has 0 spiro atoms. The number of carbonyl (C=O) groups excluding carboxylic acids is 2. The Hall–Kier alpha value is -2.73. The Balaban J connectivity index is 2.32. The first kappa shape index (κ1) is 18.6. The minimum atomic E-state index is -0.580. The molecule has 132 valence electrons. The maximum absolute atomic E-state index is 12.5. The normalized spacial score (nSPS) is 10.2. The first-order valence-corrected chi connectivity index (χ1v) is 8.10. The Bertz CT molecular complexity index is 793. The highest BCUT2D eigenvalue weighted by molar-refractivity contribution is 6.31. The van der Waals surface area contributed by atoms with Crippen LogP contribution in [0.1, 0.15) is 34.1 Å². The monoisotopic (exact) mass is 362 g/mol. The van der Waals surface area contributed by atoms with Gasteiger partial charge in [0.25, 0.3) is 11.8 Å². The summed E-state index contributed by atoms with van der Waals surface area (Å²) in [6, 6.07) is 9.16. The van der Waals surface area contributed by atoms with Gasteiger partial charge in [-0.15, -0.1) is 0 Å². The van der Waals surface area contributed by atoms with Gasteiger partial charge in [-0.3, -0.25) is 9.59 Å². The van der Waals surface area contributed by atoms with Crippen LogP contribution in [0, 0.1) is 0 Å². The number of rotatable bonds is 6. The van der Waals surface area contributed by atoms with Gasteiger partial charge in [0.15, 0.2) is 11.5 Å². The second-order valence-corrected chi connectivity index (χ2v) is 5.69. The van der Waals surface area contributed by atoms with E-state index < -0.39 is 5.91 Å². The number of aromatic hydroxyl groups is 1. The number of nitrogens with one attached hydrogen (secondary N) is 2. The SMILES string of the molecule is CCCNC(=O)c1ccc(Cl)cc1NC(=O)c1cccc(OC)c1O. The van der Waals surface area contributed by atoms with E-state index in [9.17, 15) is 14.7 Å². The van der Waals surface area contributed by atoms with E-state index >= 15 is 0 Å². The third-order valence-electron chi connectivity index (χ3n) is 3.47. The topological polar surface area (TPSA) is 87.7 Å². The van der Waals surface area contributed by atoms with Gasteiger partial charge in [-0.1, -0.05) is 24.6 Å². The molecule has 0 radical (unpaired) electrons.